The zero-order valence-electron chi connectivity index (χ0n) is 11.3. The Labute approximate surface area is 116 Å². The molecule has 0 aliphatic rings. The van der Waals surface area contributed by atoms with Gasteiger partial charge in [0.15, 0.2) is 0 Å². The van der Waals surface area contributed by atoms with E-state index in [0.29, 0.717) is 25.0 Å². The van der Waals surface area contributed by atoms with E-state index in [2.05, 4.69) is 39.7 Å². The lowest BCUT2D eigenvalue weighted by molar-refractivity contribution is 0.477. The van der Waals surface area contributed by atoms with Crippen LogP contribution in [0.2, 0.25) is 0 Å². The maximum atomic E-state index is 5.47. The van der Waals surface area contributed by atoms with E-state index in [4.69, 9.17) is 4.42 Å². The summed E-state index contributed by atoms with van der Waals surface area (Å²) in [4.78, 5) is 5.61. The molecule has 2 rings (SSSR count). The predicted molar refractivity (Wildman–Crippen MR) is 75.1 cm³/mol. The van der Waals surface area contributed by atoms with E-state index in [0.717, 1.165) is 24.4 Å². The molecule has 0 spiro atoms. The summed E-state index contributed by atoms with van der Waals surface area (Å²) in [6, 6.07) is 0.446. The minimum absolute atomic E-state index is 0.446. The Hall–Kier alpha value is -1.47. The van der Waals surface area contributed by atoms with Crippen molar-refractivity contribution in [3.63, 3.8) is 0 Å². The first kappa shape index (κ1) is 14.0. The highest BCUT2D eigenvalue weighted by atomic mass is 32.1. The number of aromatic nitrogens is 3. The lowest BCUT2D eigenvalue weighted by atomic mass is 10.4. The second-order valence-electron chi connectivity index (χ2n) is 4.11. The number of hydrogen-bond acceptors (Lipinski definition) is 7. The molecule has 0 amide bonds. The van der Waals surface area contributed by atoms with Crippen LogP contribution in [0, 0.1) is 0 Å². The third kappa shape index (κ3) is 4.29. The van der Waals surface area contributed by atoms with Crippen molar-refractivity contribution in [3.8, 4) is 0 Å². The van der Waals surface area contributed by atoms with E-state index in [1.165, 1.54) is 4.88 Å². The molecule has 2 heterocycles. The van der Waals surface area contributed by atoms with Crippen molar-refractivity contribution in [3.05, 3.63) is 22.0 Å². The maximum Gasteiger partial charge on any atom is 0.315 e. The molecular weight excluding hydrogens is 262 g/mol. The summed E-state index contributed by atoms with van der Waals surface area (Å²) in [7, 11) is 0. The second kappa shape index (κ2) is 7.20. The quantitative estimate of drug-likeness (QED) is 0.722. The first-order valence-electron chi connectivity index (χ1n) is 6.52. The SMILES string of the molecule is CCCNCc1nnc(NCc2ncc(CC)s2)o1. The normalized spacial score (nSPS) is 10.8. The smallest absolute Gasteiger partial charge is 0.315 e. The highest BCUT2D eigenvalue weighted by Crippen LogP contribution is 2.15. The molecule has 0 fully saturated rings. The molecule has 0 bridgehead atoms. The van der Waals surface area contributed by atoms with Gasteiger partial charge in [-0.3, -0.25) is 0 Å². The van der Waals surface area contributed by atoms with Crippen LogP contribution < -0.4 is 10.6 Å². The average molecular weight is 281 g/mol. The molecule has 6 nitrogen and oxygen atoms in total. The second-order valence-corrected chi connectivity index (χ2v) is 5.30. The van der Waals surface area contributed by atoms with Crippen LogP contribution in [0.4, 0.5) is 6.01 Å². The van der Waals surface area contributed by atoms with E-state index in [9.17, 15) is 0 Å². The topological polar surface area (TPSA) is 75.9 Å². The van der Waals surface area contributed by atoms with E-state index >= 15 is 0 Å². The van der Waals surface area contributed by atoms with E-state index in [1.54, 1.807) is 11.3 Å². The van der Waals surface area contributed by atoms with Crippen LogP contribution >= 0.6 is 11.3 Å². The van der Waals surface area contributed by atoms with Gasteiger partial charge in [-0.2, -0.15) is 0 Å². The maximum absolute atomic E-state index is 5.47. The van der Waals surface area contributed by atoms with E-state index in [1.807, 2.05) is 6.20 Å². The van der Waals surface area contributed by atoms with Crippen molar-refractivity contribution in [2.45, 2.75) is 39.8 Å². The van der Waals surface area contributed by atoms with Gasteiger partial charge in [-0.15, -0.1) is 16.4 Å². The third-order valence-electron chi connectivity index (χ3n) is 2.51. The molecule has 0 atom stereocenters. The third-order valence-corrected chi connectivity index (χ3v) is 3.65. The van der Waals surface area contributed by atoms with Gasteiger partial charge in [-0.25, -0.2) is 4.98 Å². The van der Waals surface area contributed by atoms with Crippen LogP contribution in [0.1, 0.15) is 36.0 Å². The van der Waals surface area contributed by atoms with Gasteiger partial charge in [-0.1, -0.05) is 18.9 Å². The van der Waals surface area contributed by atoms with Gasteiger partial charge >= 0.3 is 6.01 Å². The molecule has 2 aromatic rings. The van der Waals surface area contributed by atoms with Gasteiger partial charge in [0.25, 0.3) is 0 Å². The summed E-state index contributed by atoms with van der Waals surface area (Å²) in [5, 5.41) is 15.2. The summed E-state index contributed by atoms with van der Waals surface area (Å²) >= 11 is 1.70. The Morgan fingerprint density at radius 1 is 1.26 bits per heavy atom. The van der Waals surface area contributed by atoms with Gasteiger partial charge in [0.1, 0.15) is 5.01 Å². The van der Waals surface area contributed by atoms with Crippen LogP contribution in [-0.2, 0) is 19.5 Å². The summed E-state index contributed by atoms with van der Waals surface area (Å²) in [6.45, 7) is 6.42. The zero-order valence-corrected chi connectivity index (χ0v) is 12.1. The molecule has 2 aromatic heterocycles. The number of anilines is 1. The molecule has 0 aliphatic carbocycles. The van der Waals surface area contributed by atoms with Crippen LogP contribution in [0.15, 0.2) is 10.6 Å². The van der Waals surface area contributed by atoms with Gasteiger partial charge in [0, 0.05) is 11.1 Å². The summed E-state index contributed by atoms with van der Waals surface area (Å²) in [5.74, 6) is 0.601. The molecule has 0 radical (unpaired) electrons. The van der Waals surface area contributed by atoms with Crippen LogP contribution in [0.3, 0.4) is 0 Å². The first-order chi connectivity index (χ1) is 9.31. The van der Waals surface area contributed by atoms with E-state index < -0.39 is 0 Å². The molecule has 0 unspecified atom stereocenters. The largest absolute Gasteiger partial charge is 0.407 e. The number of thiazole rings is 1. The fourth-order valence-electron chi connectivity index (χ4n) is 1.51. The number of nitrogens with one attached hydrogen (secondary N) is 2. The summed E-state index contributed by atoms with van der Waals surface area (Å²) in [5.41, 5.74) is 0. The fourth-order valence-corrected chi connectivity index (χ4v) is 2.32. The van der Waals surface area contributed by atoms with E-state index in [-0.39, 0.29) is 0 Å². The van der Waals surface area contributed by atoms with Crippen molar-refractivity contribution >= 4 is 17.4 Å². The van der Waals surface area contributed by atoms with Crippen LogP contribution in [0.5, 0.6) is 0 Å². The zero-order chi connectivity index (χ0) is 13.5. The fraction of sp³-hybridized carbons (Fsp3) is 0.583. The van der Waals surface area contributed by atoms with Gasteiger partial charge in [-0.05, 0) is 19.4 Å². The minimum Gasteiger partial charge on any atom is -0.407 e. The molecule has 19 heavy (non-hydrogen) atoms. The van der Waals surface area contributed by atoms with Crippen molar-refractivity contribution in [1.29, 1.82) is 0 Å². The van der Waals surface area contributed by atoms with Gasteiger partial charge in [0.05, 0.1) is 13.1 Å². The molecule has 0 aromatic carbocycles. The predicted octanol–water partition coefficient (Wildman–Crippen LogP) is 2.20. The molecular formula is C12H19N5OS. The number of nitrogens with zero attached hydrogens (tertiary/aromatic N) is 3. The van der Waals surface area contributed by atoms with Gasteiger partial charge < -0.3 is 15.1 Å². The van der Waals surface area contributed by atoms with Crippen molar-refractivity contribution in [2.75, 3.05) is 11.9 Å². The van der Waals surface area contributed by atoms with Crippen LogP contribution in [0.25, 0.3) is 0 Å². The Balaban J connectivity index is 1.79. The Morgan fingerprint density at radius 3 is 2.89 bits per heavy atom. The highest BCUT2D eigenvalue weighted by Gasteiger charge is 2.06. The summed E-state index contributed by atoms with van der Waals surface area (Å²) < 4.78 is 5.47. The molecule has 0 saturated heterocycles. The van der Waals surface area contributed by atoms with Crippen LogP contribution in [-0.4, -0.2) is 21.7 Å². The Morgan fingerprint density at radius 2 is 2.16 bits per heavy atom. The first-order valence-corrected chi connectivity index (χ1v) is 7.34. The van der Waals surface area contributed by atoms with Crippen molar-refractivity contribution in [1.82, 2.24) is 20.5 Å². The lowest BCUT2D eigenvalue weighted by Gasteiger charge is -1.98. The minimum atomic E-state index is 0.446. The molecule has 2 N–H and O–H groups in total. The van der Waals surface area contributed by atoms with Gasteiger partial charge in [0.2, 0.25) is 5.89 Å². The Bertz CT molecular complexity index is 496. The number of rotatable bonds is 8. The standard InChI is InChI=1S/C12H19N5OS/c1-3-5-13-7-10-16-17-12(18-10)15-8-11-14-6-9(4-2)19-11/h6,13H,3-5,7-8H2,1-2H3,(H,15,17). The number of hydrogen-bond donors (Lipinski definition) is 2. The average Bonchev–Trinajstić information content (AvgIpc) is 3.05. The lowest BCUT2D eigenvalue weighted by Crippen LogP contribution is -2.13. The summed E-state index contributed by atoms with van der Waals surface area (Å²) in [6.07, 6.45) is 4.02. The number of aryl methyl sites for hydroxylation is 1. The molecule has 7 heteroatoms. The highest BCUT2D eigenvalue weighted by molar-refractivity contribution is 7.11. The Kier molecular flexibility index (Phi) is 5.29. The molecule has 0 aliphatic heterocycles. The molecule has 104 valence electrons. The van der Waals surface area contributed by atoms with Crippen molar-refractivity contribution < 1.29 is 4.42 Å². The van der Waals surface area contributed by atoms with Crippen molar-refractivity contribution in [2.24, 2.45) is 0 Å². The molecule has 0 saturated carbocycles. The monoisotopic (exact) mass is 281 g/mol.